The maximum absolute atomic E-state index is 13.0. The molecule has 2 aromatic carbocycles. The highest BCUT2D eigenvalue weighted by Crippen LogP contribution is 2.31. The number of sulfone groups is 1. The molecule has 3 rings (SSSR count). The van der Waals surface area contributed by atoms with Gasteiger partial charge in [0, 0.05) is 19.5 Å². The lowest BCUT2D eigenvalue weighted by atomic mass is 10.3. The molecule has 0 aliphatic carbocycles. The number of hydrogen-bond acceptors (Lipinski definition) is 7. The second-order valence-electron chi connectivity index (χ2n) is 7.06. The Hall–Kier alpha value is -2.49. The van der Waals surface area contributed by atoms with Crippen molar-refractivity contribution >= 4 is 42.4 Å². The number of aromatic nitrogens is 1. The summed E-state index contributed by atoms with van der Waals surface area (Å²) in [4.78, 5) is 21.4. The number of likely N-dealkylation sites (N-methyl/N-ethyl adjacent to an activating group) is 1. The average molecular weight is 448 g/mol. The molecular weight excluding hydrogens is 422 g/mol. The molecule has 0 atom stereocenters. The van der Waals surface area contributed by atoms with Crippen LogP contribution in [0.5, 0.6) is 5.75 Å². The predicted octanol–water partition coefficient (Wildman–Crippen LogP) is 3.06. The van der Waals surface area contributed by atoms with Crippen molar-refractivity contribution in [3.8, 4) is 5.75 Å². The Morgan fingerprint density at radius 3 is 2.50 bits per heavy atom. The lowest BCUT2D eigenvalue weighted by Crippen LogP contribution is -2.37. The third-order valence-corrected chi connectivity index (χ3v) is 7.35. The first-order valence-electron chi connectivity index (χ1n) is 9.47. The first kappa shape index (κ1) is 22.2. The third-order valence-electron chi connectivity index (χ3n) is 4.57. The minimum Gasteiger partial charge on any atom is -0.497 e. The molecule has 0 aliphatic heterocycles. The molecule has 1 amide bonds. The van der Waals surface area contributed by atoms with Crippen molar-refractivity contribution < 1.29 is 17.9 Å². The number of rotatable bonds is 9. The number of carbonyl (C=O) groups is 1. The summed E-state index contributed by atoms with van der Waals surface area (Å²) in [7, 11) is 1.92. The van der Waals surface area contributed by atoms with Crippen LogP contribution in [0.15, 0.2) is 53.4 Å². The summed E-state index contributed by atoms with van der Waals surface area (Å²) in [5.41, 5.74) is 0.773. The summed E-state index contributed by atoms with van der Waals surface area (Å²) in [6.45, 7) is 1.06. The van der Waals surface area contributed by atoms with E-state index in [2.05, 4.69) is 4.98 Å². The van der Waals surface area contributed by atoms with Crippen LogP contribution in [0.4, 0.5) is 5.13 Å². The minimum absolute atomic E-state index is 0.107. The standard InChI is InChI=1S/C21H25N3O4S2/c1-23(2)12-13-24(21-22-18-10-9-16(28-3)15-19(18)29-21)20(25)11-14-30(26,27)17-7-5-4-6-8-17/h4-10,15H,11-14H2,1-3H3. The van der Waals surface area contributed by atoms with Crippen LogP contribution in [-0.4, -0.2) is 64.3 Å². The molecule has 0 unspecified atom stereocenters. The van der Waals surface area contributed by atoms with Crippen LogP contribution in [0.2, 0.25) is 0 Å². The van der Waals surface area contributed by atoms with Crippen molar-refractivity contribution in [3.63, 3.8) is 0 Å². The van der Waals surface area contributed by atoms with Crippen molar-refractivity contribution in [2.24, 2.45) is 0 Å². The molecule has 30 heavy (non-hydrogen) atoms. The average Bonchev–Trinajstić information content (AvgIpc) is 3.15. The summed E-state index contributed by atoms with van der Waals surface area (Å²) in [6.07, 6.45) is -0.107. The maximum atomic E-state index is 13.0. The van der Waals surface area contributed by atoms with Crippen molar-refractivity contribution in [1.29, 1.82) is 0 Å². The predicted molar refractivity (Wildman–Crippen MR) is 120 cm³/mol. The molecule has 7 nitrogen and oxygen atoms in total. The van der Waals surface area contributed by atoms with E-state index in [4.69, 9.17) is 4.74 Å². The van der Waals surface area contributed by atoms with Crippen molar-refractivity contribution in [2.75, 3.05) is 44.9 Å². The molecule has 0 N–H and O–H groups in total. The third kappa shape index (κ3) is 5.35. The highest BCUT2D eigenvalue weighted by Gasteiger charge is 2.23. The summed E-state index contributed by atoms with van der Waals surface area (Å²) in [5.74, 6) is 0.215. The molecule has 0 saturated heterocycles. The lowest BCUT2D eigenvalue weighted by molar-refractivity contribution is -0.118. The van der Waals surface area contributed by atoms with E-state index in [1.54, 1.807) is 42.3 Å². The number of anilines is 1. The molecule has 160 valence electrons. The number of hydrogen-bond donors (Lipinski definition) is 0. The van der Waals surface area contributed by atoms with Gasteiger partial charge in [-0.2, -0.15) is 0 Å². The molecule has 0 bridgehead atoms. The minimum atomic E-state index is -3.53. The van der Waals surface area contributed by atoms with E-state index < -0.39 is 9.84 Å². The Balaban J connectivity index is 1.81. The van der Waals surface area contributed by atoms with Crippen LogP contribution in [0.1, 0.15) is 6.42 Å². The maximum Gasteiger partial charge on any atom is 0.229 e. The molecule has 0 aliphatic rings. The molecule has 9 heteroatoms. The number of ether oxygens (including phenoxy) is 1. The Bertz CT molecular complexity index is 1110. The highest BCUT2D eigenvalue weighted by molar-refractivity contribution is 7.91. The van der Waals surface area contributed by atoms with Gasteiger partial charge in [-0.05, 0) is 44.4 Å². The number of methoxy groups -OCH3 is 1. The zero-order chi connectivity index (χ0) is 21.7. The molecule has 0 radical (unpaired) electrons. The molecule has 1 aromatic heterocycles. The van der Waals surface area contributed by atoms with Gasteiger partial charge in [0.2, 0.25) is 5.91 Å². The van der Waals surface area contributed by atoms with Gasteiger partial charge in [-0.15, -0.1) is 0 Å². The highest BCUT2D eigenvalue weighted by atomic mass is 32.2. The molecule has 0 saturated carbocycles. The zero-order valence-electron chi connectivity index (χ0n) is 17.2. The normalized spacial score (nSPS) is 11.7. The Morgan fingerprint density at radius 2 is 1.83 bits per heavy atom. The summed E-state index contributed by atoms with van der Waals surface area (Å²) in [5, 5.41) is 0.558. The topological polar surface area (TPSA) is 79.8 Å². The molecule has 0 spiro atoms. The van der Waals surface area contributed by atoms with Gasteiger partial charge in [0.15, 0.2) is 15.0 Å². The Kier molecular flexibility index (Phi) is 7.06. The van der Waals surface area contributed by atoms with Crippen LogP contribution >= 0.6 is 11.3 Å². The van der Waals surface area contributed by atoms with Gasteiger partial charge in [0.1, 0.15) is 5.75 Å². The molecule has 0 fully saturated rings. The van der Waals surface area contributed by atoms with E-state index in [0.29, 0.717) is 18.2 Å². The van der Waals surface area contributed by atoms with Gasteiger partial charge >= 0.3 is 0 Å². The number of fused-ring (bicyclic) bond motifs is 1. The zero-order valence-corrected chi connectivity index (χ0v) is 18.9. The summed E-state index contributed by atoms with van der Waals surface area (Å²) >= 11 is 1.39. The van der Waals surface area contributed by atoms with Gasteiger partial charge in [0.05, 0.1) is 28.0 Å². The summed E-state index contributed by atoms with van der Waals surface area (Å²) in [6, 6.07) is 13.8. The van der Waals surface area contributed by atoms with Crippen molar-refractivity contribution in [1.82, 2.24) is 9.88 Å². The van der Waals surface area contributed by atoms with Crippen LogP contribution in [0.3, 0.4) is 0 Å². The fourth-order valence-electron chi connectivity index (χ4n) is 2.86. The number of nitrogens with zero attached hydrogens (tertiary/aromatic N) is 3. The van der Waals surface area contributed by atoms with E-state index >= 15 is 0 Å². The molecule has 1 heterocycles. The largest absolute Gasteiger partial charge is 0.497 e. The lowest BCUT2D eigenvalue weighted by Gasteiger charge is -2.22. The van der Waals surface area contributed by atoms with Crippen LogP contribution in [-0.2, 0) is 14.6 Å². The van der Waals surface area contributed by atoms with E-state index in [0.717, 1.165) is 16.0 Å². The van der Waals surface area contributed by atoms with Gasteiger partial charge in [-0.25, -0.2) is 13.4 Å². The number of carbonyl (C=O) groups excluding carboxylic acids is 1. The fraction of sp³-hybridized carbons (Fsp3) is 0.333. The van der Waals surface area contributed by atoms with E-state index in [9.17, 15) is 13.2 Å². The second kappa shape index (κ2) is 9.55. The second-order valence-corrected chi connectivity index (χ2v) is 10.2. The number of benzene rings is 2. The Morgan fingerprint density at radius 1 is 1.10 bits per heavy atom. The van der Waals surface area contributed by atoms with E-state index in [1.807, 2.05) is 37.2 Å². The monoisotopic (exact) mass is 447 g/mol. The Labute approximate surface area is 180 Å². The quantitative estimate of drug-likeness (QED) is 0.502. The van der Waals surface area contributed by atoms with Crippen LogP contribution < -0.4 is 9.64 Å². The number of thiazole rings is 1. The van der Waals surface area contributed by atoms with Crippen molar-refractivity contribution in [2.45, 2.75) is 11.3 Å². The van der Waals surface area contributed by atoms with Gasteiger partial charge < -0.3 is 9.64 Å². The summed E-state index contributed by atoms with van der Waals surface area (Å²) < 4.78 is 31.3. The fourth-order valence-corrected chi connectivity index (χ4v) is 5.15. The van der Waals surface area contributed by atoms with Gasteiger partial charge in [-0.3, -0.25) is 9.69 Å². The SMILES string of the molecule is COc1ccc2nc(N(CCN(C)C)C(=O)CCS(=O)(=O)c3ccccc3)sc2c1. The van der Waals surface area contributed by atoms with E-state index in [1.165, 1.54) is 11.3 Å². The first-order chi connectivity index (χ1) is 14.3. The van der Waals surface area contributed by atoms with Gasteiger partial charge in [-0.1, -0.05) is 29.5 Å². The first-order valence-corrected chi connectivity index (χ1v) is 11.9. The molecule has 3 aromatic rings. The van der Waals surface area contributed by atoms with E-state index in [-0.39, 0.29) is 23.0 Å². The smallest absolute Gasteiger partial charge is 0.229 e. The molecular formula is C21H25N3O4S2. The number of amides is 1. The van der Waals surface area contributed by atoms with Crippen LogP contribution in [0, 0.1) is 0 Å². The van der Waals surface area contributed by atoms with Crippen LogP contribution in [0.25, 0.3) is 10.2 Å². The van der Waals surface area contributed by atoms with Crippen molar-refractivity contribution in [3.05, 3.63) is 48.5 Å². The van der Waals surface area contributed by atoms with Gasteiger partial charge in [0.25, 0.3) is 0 Å².